The number of nitro groups is 1. The number of anilines is 1. The molecular weight excluding hydrogens is 412 g/mol. The molecule has 0 saturated carbocycles. The smallest absolute Gasteiger partial charge is 0.288 e. The average Bonchev–Trinajstić information content (AvgIpc) is 3.17. The lowest BCUT2D eigenvalue weighted by molar-refractivity contribution is -0.384. The van der Waals surface area contributed by atoms with E-state index in [2.05, 4.69) is 15.8 Å². The first kappa shape index (κ1) is 20.7. The molecule has 0 bridgehead atoms. The number of carbonyl (C=O) groups excluding carboxylic acids is 2. The molecule has 152 valence electrons. The van der Waals surface area contributed by atoms with Gasteiger partial charge in [0, 0.05) is 29.8 Å². The molecule has 0 unspecified atom stereocenters. The number of nitro benzene ring substituents is 1. The third-order valence-electron chi connectivity index (χ3n) is 3.88. The first-order chi connectivity index (χ1) is 14.3. The van der Waals surface area contributed by atoms with Gasteiger partial charge in [0.25, 0.3) is 11.6 Å². The molecule has 10 heteroatoms. The van der Waals surface area contributed by atoms with Crippen LogP contribution in [0.4, 0.5) is 11.4 Å². The van der Waals surface area contributed by atoms with Crippen LogP contribution >= 0.6 is 11.6 Å². The Morgan fingerprint density at radius 1 is 1.13 bits per heavy atom. The van der Waals surface area contributed by atoms with Crippen molar-refractivity contribution < 1.29 is 18.9 Å². The molecular formula is C20H15ClN4O5. The molecule has 9 nitrogen and oxygen atoms in total. The summed E-state index contributed by atoms with van der Waals surface area (Å²) in [6.45, 7) is 1.39. The van der Waals surface area contributed by atoms with Gasteiger partial charge in [-0.3, -0.25) is 19.7 Å². The van der Waals surface area contributed by atoms with E-state index >= 15 is 0 Å². The molecule has 0 saturated heterocycles. The highest BCUT2D eigenvalue weighted by atomic mass is 35.5. The number of amides is 2. The Balaban J connectivity index is 1.64. The summed E-state index contributed by atoms with van der Waals surface area (Å²) in [5.74, 6) is 0.0727. The van der Waals surface area contributed by atoms with Gasteiger partial charge in [0.2, 0.25) is 5.91 Å². The van der Waals surface area contributed by atoms with Gasteiger partial charge in [-0.05, 0) is 48.5 Å². The minimum atomic E-state index is -0.574. The summed E-state index contributed by atoms with van der Waals surface area (Å²) >= 11 is 5.81. The summed E-state index contributed by atoms with van der Waals surface area (Å²) in [4.78, 5) is 33.6. The standard InChI is InChI=1S/C20H15ClN4O5/c1-12(26)23-15-5-2-13(3-6-15)20(27)24-22-11-16-7-9-19(30-16)14-4-8-17(21)18(10-14)25(28)29/h2-11H,1H3,(H,23,26)(H,24,27)/b22-11-. The number of furan rings is 1. The molecule has 0 aliphatic rings. The van der Waals surface area contributed by atoms with Gasteiger partial charge < -0.3 is 9.73 Å². The normalized spacial score (nSPS) is 10.7. The first-order valence-corrected chi connectivity index (χ1v) is 8.96. The third-order valence-corrected chi connectivity index (χ3v) is 4.20. The van der Waals surface area contributed by atoms with E-state index in [1.807, 2.05) is 0 Å². The quantitative estimate of drug-likeness (QED) is 0.346. The van der Waals surface area contributed by atoms with Crippen molar-refractivity contribution in [1.82, 2.24) is 5.43 Å². The Labute approximate surface area is 175 Å². The second kappa shape index (κ2) is 9.01. The molecule has 0 aliphatic carbocycles. The Kier molecular flexibility index (Phi) is 6.23. The van der Waals surface area contributed by atoms with Crippen LogP contribution in [0, 0.1) is 10.1 Å². The largest absolute Gasteiger partial charge is 0.455 e. The summed E-state index contributed by atoms with van der Waals surface area (Å²) in [7, 11) is 0. The number of nitrogens with zero attached hydrogens (tertiary/aromatic N) is 2. The maximum atomic E-state index is 12.1. The Bertz CT molecular complexity index is 1140. The summed E-state index contributed by atoms with van der Waals surface area (Å²) in [5.41, 5.74) is 3.55. The molecule has 0 spiro atoms. The van der Waals surface area contributed by atoms with Gasteiger partial charge >= 0.3 is 0 Å². The van der Waals surface area contributed by atoms with Gasteiger partial charge in [-0.1, -0.05) is 11.6 Å². The van der Waals surface area contributed by atoms with Crippen molar-refractivity contribution in [2.45, 2.75) is 6.92 Å². The maximum Gasteiger partial charge on any atom is 0.288 e. The second-order valence-corrected chi connectivity index (χ2v) is 6.49. The fourth-order valence-corrected chi connectivity index (χ4v) is 2.70. The molecule has 0 radical (unpaired) electrons. The number of carbonyl (C=O) groups is 2. The van der Waals surface area contributed by atoms with Crippen molar-refractivity contribution in [2.75, 3.05) is 5.32 Å². The SMILES string of the molecule is CC(=O)Nc1ccc(C(=O)N/N=C\c2ccc(-c3ccc(Cl)c([N+](=O)[O-])c3)o2)cc1. The van der Waals surface area contributed by atoms with E-state index in [9.17, 15) is 19.7 Å². The minimum absolute atomic E-state index is 0.0323. The molecule has 1 aromatic heterocycles. The first-order valence-electron chi connectivity index (χ1n) is 8.58. The molecule has 2 N–H and O–H groups in total. The third kappa shape index (κ3) is 5.09. The van der Waals surface area contributed by atoms with E-state index in [4.69, 9.17) is 16.0 Å². The van der Waals surface area contributed by atoms with Gasteiger partial charge in [0.1, 0.15) is 16.5 Å². The summed E-state index contributed by atoms with van der Waals surface area (Å²) in [6.07, 6.45) is 1.30. The predicted molar refractivity (Wildman–Crippen MR) is 112 cm³/mol. The Morgan fingerprint density at radius 2 is 1.87 bits per heavy atom. The van der Waals surface area contributed by atoms with Crippen LogP contribution in [0.1, 0.15) is 23.0 Å². The zero-order valence-electron chi connectivity index (χ0n) is 15.6. The zero-order valence-corrected chi connectivity index (χ0v) is 16.3. The highest BCUT2D eigenvalue weighted by Crippen LogP contribution is 2.31. The van der Waals surface area contributed by atoms with E-state index < -0.39 is 10.8 Å². The van der Waals surface area contributed by atoms with Gasteiger partial charge in [0.05, 0.1) is 11.1 Å². The second-order valence-electron chi connectivity index (χ2n) is 6.08. The van der Waals surface area contributed by atoms with E-state index in [-0.39, 0.29) is 16.6 Å². The molecule has 3 aromatic rings. The monoisotopic (exact) mass is 426 g/mol. The highest BCUT2D eigenvalue weighted by Gasteiger charge is 2.15. The van der Waals surface area contributed by atoms with Crippen molar-refractivity contribution in [3.8, 4) is 11.3 Å². The summed E-state index contributed by atoms with van der Waals surface area (Å²) < 4.78 is 5.58. The van der Waals surface area contributed by atoms with Gasteiger partial charge in [-0.25, -0.2) is 5.43 Å². The van der Waals surface area contributed by atoms with Crippen LogP contribution in [0.25, 0.3) is 11.3 Å². The van der Waals surface area contributed by atoms with Crippen molar-refractivity contribution in [3.05, 3.63) is 81.1 Å². The fraction of sp³-hybridized carbons (Fsp3) is 0.0500. The van der Waals surface area contributed by atoms with Gasteiger partial charge in [0.15, 0.2) is 0 Å². The van der Waals surface area contributed by atoms with Crippen LogP contribution in [-0.4, -0.2) is 23.0 Å². The maximum absolute atomic E-state index is 12.1. The van der Waals surface area contributed by atoms with Crippen molar-refractivity contribution >= 4 is 41.0 Å². The average molecular weight is 427 g/mol. The topological polar surface area (TPSA) is 127 Å². The lowest BCUT2D eigenvalue weighted by Gasteiger charge is -2.03. The van der Waals surface area contributed by atoms with Crippen LogP contribution in [0.5, 0.6) is 0 Å². The lowest BCUT2D eigenvalue weighted by atomic mass is 10.1. The minimum Gasteiger partial charge on any atom is -0.455 e. The number of halogens is 1. The molecule has 1 heterocycles. The zero-order chi connectivity index (χ0) is 21.7. The number of rotatable bonds is 6. The van der Waals surface area contributed by atoms with E-state index in [1.54, 1.807) is 42.5 Å². The van der Waals surface area contributed by atoms with Crippen LogP contribution in [0.3, 0.4) is 0 Å². The predicted octanol–water partition coefficient (Wildman–Crippen LogP) is 4.23. The van der Waals surface area contributed by atoms with Gasteiger partial charge in [-0.2, -0.15) is 5.10 Å². The molecule has 2 amide bonds. The number of hydrogen-bond acceptors (Lipinski definition) is 6. The summed E-state index contributed by atoms with van der Waals surface area (Å²) in [5, 5.41) is 17.5. The van der Waals surface area contributed by atoms with Crippen molar-refractivity contribution in [3.63, 3.8) is 0 Å². The van der Waals surface area contributed by atoms with E-state index in [0.717, 1.165) is 0 Å². The highest BCUT2D eigenvalue weighted by molar-refractivity contribution is 6.32. The molecule has 2 aromatic carbocycles. The van der Waals surface area contributed by atoms with E-state index in [1.165, 1.54) is 25.3 Å². The fourth-order valence-electron chi connectivity index (χ4n) is 2.51. The van der Waals surface area contributed by atoms with Crippen LogP contribution < -0.4 is 10.7 Å². The molecule has 3 rings (SSSR count). The number of benzene rings is 2. The molecule has 0 fully saturated rings. The van der Waals surface area contributed by atoms with Crippen molar-refractivity contribution in [1.29, 1.82) is 0 Å². The molecule has 0 aliphatic heterocycles. The van der Waals surface area contributed by atoms with Crippen LogP contribution in [0.2, 0.25) is 5.02 Å². The van der Waals surface area contributed by atoms with Crippen LogP contribution in [0.15, 0.2) is 64.1 Å². The Morgan fingerprint density at radius 3 is 2.53 bits per heavy atom. The van der Waals surface area contributed by atoms with Gasteiger partial charge in [-0.15, -0.1) is 0 Å². The number of hydrogen-bond donors (Lipinski definition) is 2. The van der Waals surface area contributed by atoms with Crippen molar-refractivity contribution in [2.24, 2.45) is 5.10 Å². The Hall–Kier alpha value is -3.98. The lowest BCUT2D eigenvalue weighted by Crippen LogP contribution is -2.17. The van der Waals surface area contributed by atoms with E-state index in [0.29, 0.717) is 28.3 Å². The molecule has 0 atom stereocenters. The number of hydrazone groups is 1. The van der Waals surface area contributed by atoms with Crippen LogP contribution in [-0.2, 0) is 4.79 Å². The number of nitrogens with one attached hydrogen (secondary N) is 2. The molecule has 30 heavy (non-hydrogen) atoms. The summed E-state index contributed by atoms with van der Waals surface area (Å²) in [6, 6.07) is 13.9.